The van der Waals surface area contributed by atoms with Gasteiger partial charge in [0.1, 0.15) is 11.5 Å². The maximum Gasteiger partial charge on any atom is 0.306 e. The van der Waals surface area contributed by atoms with Crippen LogP contribution in [0.25, 0.3) is 32.6 Å². The van der Waals surface area contributed by atoms with Gasteiger partial charge in [-0.25, -0.2) is 0 Å². The Balaban J connectivity index is 1.54. The summed E-state index contributed by atoms with van der Waals surface area (Å²) in [6.07, 6.45) is 0.955. The molecule has 0 amide bonds. The fourth-order valence-corrected chi connectivity index (χ4v) is 6.36. The quantitative estimate of drug-likeness (QED) is 0.0652. The molecular weight excluding hydrogens is 576 g/mol. The molecule has 1 heterocycles. The molecule has 1 N–H and O–H groups in total. The van der Waals surface area contributed by atoms with Gasteiger partial charge in [0.25, 0.3) is 0 Å². The van der Waals surface area contributed by atoms with Crippen molar-refractivity contribution in [1.82, 2.24) is 4.57 Å². The zero-order valence-corrected chi connectivity index (χ0v) is 25.5. The number of carbonyl (C=O) groups excluding carboxylic acids is 1. The fourth-order valence-electron chi connectivity index (χ4n) is 5.89. The van der Waals surface area contributed by atoms with Crippen molar-refractivity contribution in [3.8, 4) is 11.5 Å². The van der Waals surface area contributed by atoms with Gasteiger partial charge in [-0.3, -0.25) is 4.79 Å². The van der Waals surface area contributed by atoms with Gasteiger partial charge in [0.15, 0.2) is 11.5 Å². The SMILES string of the molecule is CCn1c2ccc(C(=O)c3c(OS(C)(=O)=O)ccc4ccccc34)cc2c2cc(/C(=N\O)c3ccc(OC)cc3C)ccc21. The van der Waals surface area contributed by atoms with Crippen LogP contribution in [-0.2, 0) is 16.7 Å². The maximum atomic E-state index is 14.2. The lowest BCUT2D eigenvalue weighted by molar-refractivity contribution is 0.103. The molecule has 0 aliphatic heterocycles. The van der Waals surface area contributed by atoms with E-state index in [1.165, 1.54) is 6.07 Å². The zero-order chi connectivity index (χ0) is 31.2. The van der Waals surface area contributed by atoms with E-state index in [0.717, 1.165) is 44.6 Å². The largest absolute Gasteiger partial charge is 0.497 e. The normalized spacial score (nSPS) is 12.2. The van der Waals surface area contributed by atoms with Gasteiger partial charge in [0.05, 0.1) is 18.9 Å². The summed E-state index contributed by atoms with van der Waals surface area (Å²) in [6, 6.07) is 27.5. The molecule has 0 spiro atoms. The molecule has 9 heteroatoms. The first-order chi connectivity index (χ1) is 21.1. The first-order valence-corrected chi connectivity index (χ1v) is 15.8. The molecule has 0 aliphatic carbocycles. The lowest BCUT2D eigenvalue weighted by atomic mass is 9.94. The average Bonchev–Trinajstić information content (AvgIpc) is 3.33. The third kappa shape index (κ3) is 5.05. The molecular formula is C35H30N2O6S. The molecule has 222 valence electrons. The number of methoxy groups -OCH3 is 1. The number of ketones is 1. The number of benzene rings is 5. The van der Waals surface area contributed by atoms with E-state index in [1.807, 2.05) is 67.6 Å². The molecule has 0 saturated heterocycles. The number of nitrogens with zero attached hydrogens (tertiary/aromatic N) is 2. The number of aromatic nitrogens is 1. The second kappa shape index (κ2) is 11.2. The highest BCUT2D eigenvalue weighted by Gasteiger charge is 2.23. The van der Waals surface area contributed by atoms with E-state index in [0.29, 0.717) is 34.5 Å². The second-order valence-corrected chi connectivity index (χ2v) is 12.2. The third-order valence-electron chi connectivity index (χ3n) is 7.86. The van der Waals surface area contributed by atoms with Crippen LogP contribution in [0, 0.1) is 6.92 Å². The molecule has 6 aromatic rings. The van der Waals surface area contributed by atoms with Gasteiger partial charge >= 0.3 is 10.1 Å². The molecule has 1 aromatic heterocycles. The minimum absolute atomic E-state index is 0.0202. The van der Waals surface area contributed by atoms with E-state index in [-0.39, 0.29) is 17.1 Å². The van der Waals surface area contributed by atoms with Crippen molar-refractivity contribution in [3.63, 3.8) is 0 Å². The number of rotatable bonds is 8. The Hall–Kier alpha value is -5.15. The van der Waals surface area contributed by atoms with Crippen LogP contribution in [-0.4, -0.2) is 43.1 Å². The molecule has 0 saturated carbocycles. The predicted molar refractivity (Wildman–Crippen MR) is 173 cm³/mol. The number of hydrogen-bond acceptors (Lipinski definition) is 7. The van der Waals surface area contributed by atoms with Gasteiger partial charge in [-0.1, -0.05) is 41.6 Å². The number of oxime groups is 1. The zero-order valence-electron chi connectivity index (χ0n) is 24.7. The van der Waals surface area contributed by atoms with E-state index < -0.39 is 10.1 Å². The van der Waals surface area contributed by atoms with Crippen LogP contribution >= 0.6 is 0 Å². The molecule has 0 radical (unpaired) electrons. The Kier molecular flexibility index (Phi) is 7.34. The van der Waals surface area contributed by atoms with Crippen molar-refractivity contribution in [2.75, 3.05) is 13.4 Å². The van der Waals surface area contributed by atoms with Gasteiger partial charge in [-0.15, -0.1) is 0 Å². The van der Waals surface area contributed by atoms with Crippen LogP contribution < -0.4 is 8.92 Å². The number of aryl methyl sites for hydroxylation is 2. The van der Waals surface area contributed by atoms with Gasteiger partial charge in [-0.05, 0) is 84.8 Å². The Morgan fingerprint density at radius 3 is 2.18 bits per heavy atom. The van der Waals surface area contributed by atoms with E-state index in [2.05, 4.69) is 16.6 Å². The van der Waals surface area contributed by atoms with Gasteiger partial charge in [0, 0.05) is 45.0 Å². The topological polar surface area (TPSA) is 107 Å². The minimum Gasteiger partial charge on any atom is -0.497 e. The number of ether oxygens (including phenoxy) is 1. The summed E-state index contributed by atoms with van der Waals surface area (Å²) in [6.45, 7) is 4.68. The van der Waals surface area contributed by atoms with Crippen LogP contribution in [0.3, 0.4) is 0 Å². The van der Waals surface area contributed by atoms with Crippen molar-refractivity contribution in [2.24, 2.45) is 5.16 Å². The molecule has 0 unspecified atom stereocenters. The molecule has 6 rings (SSSR count). The molecule has 8 nitrogen and oxygen atoms in total. The monoisotopic (exact) mass is 606 g/mol. The number of fused-ring (bicyclic) bond motifs is 4. The second-order valence-electron chi connectivity index (χ2n) is 10.6. The number of hydrogen-bond donors (Lipinski definition) is 1. The van der Waals surface area contributed by atoms with Crippen LogP contribution in [0.5, 0.6) is 11.5 Å². The summed E-state index contributed by atoms with van der Waals surface area (Å²) in [7, 11) is -2.28. The summed E-state index contributed by atoms with van der Waals surface area (Å²) < 4.78 is 37.0. The van der Waals surface area contributed by atoms with Crippen LogP contribution in [0.1, 0.15) is 39.5 Å². The minimum atomic E-state index is -3.89. The summed E-state index contributed by atoms with van der Waals surface area (Å²) >= 11 is 0. The van der Waals surface area contributed by atoms with Gasteiger partial charge < -0.3 is 18.7 Å². The Labute approximate surface area is 254 Å². The van der Waals surface area contributed by atoms with Crippen molar-refractivity contribution in [1.29, 1.82) is 0 Å². The Bertz CT molecular complexity index is 2250. The molecule has 0 bridgehead atoms. The first-order valence-electron chi connectivity index (χ1n) is 14.0. The van der Waals surface area contributed by atoms with Crippen LogP contribution in [0.4, 0.5) is 0 Å². The summed E-state index contributed by atoms with van der Waals surface area (Å²) in [5.41, 5.74) is 5.23. The lowest BCUT2D eigenvalue weighted by Crippen LogP contribution is -2.11. The van der Waals surface area contributed by atoms with Gasteiger partial charge in [-0.2, -0.15) is 8.42 Å². The Morgan fingerprint density at radius 2 is 1.55 bits per heavy atom. The van der Waals surface area contributed by atoms with Crippen molar-refractivity contribution in [2.45, 2.75) is 20.4 Å². The summed E-state index contributed by atoms with van der Waals surface area (Å²) in [5.74, 6) is 0.328. The van der Waals surface area contributed by atoms with Crippen LogP contribution in [0.2, 0.25) is 0 Å². The summed E-state index contributed by atoms with van der Waals surface area (Å²) in [4.78, 5) is 14.2. The molecule has 5 aromatic carbocycles. The van der Waals surface area contributed by atoms with Crippen LogP contribution in [0.15, 0.2) is 96.2 Å². The molecule has 0 fully saturated rings. The molecule has 44 heavy (non-hydrogen) atoms. The fraction of sp³-hybridized carbons (Fsp3) is 0.143. The average molecular weight is 607 g/mol. The smallest absolute Gasteiger partial charge is 0.306 e. The first kappa shape index (κ1) is 28.9. The van der Waals surface area contributed by atoms with E-state index in [9.17, 15) is 18.4 Å². The highest BCUT2D eigenvalue weighted by atomic mass is 32.2. The van der Waals surface area contributed by atoms with Gasteiger partial charge in [0.2, 0.25) is 0 Å². The molecule has 0 atom stereocenters. The highest BCUT2D eigenvalue weighted by molar-refractivity contribution is 7.86. The van der Waals surface area contributed by atoms with Crippen molar-refractivity contribution in [3.05, 3.63) is 119 Å². The van der Waals surface area contributed by atoms with E-state index in [1.54, 1.807) is 31.4 Å². The number of carbonyl (C=O) groups is 1. The van der Waals surface area contributed by atoms with E-state index >= 15 is 0 Å². The molecule has 0 aliphatic rings. The van der Waals surface area contributed by atoms with E-state index in [4.69, 9.17) is 8.92 Å². The van der Waals surface area contributed by atoms with Crippen molar-refractivity contribution >= 4 is 54.2 Å². The van der Waals surface area contributed by atoms with Crippen molar-refractivity contribution < 1.29 is 27.3 Å². The maximum absolute atomic E-state index is 14.2. The highest BCUT2D eigenvalue weighted by Crippen LogP contribution is 2.35. The predicted octanol–water partition coefficient (Wildman–Crippen LogP) is 7.08. The Morgan fingerprint density at radius 1 is 0.864 bits per heavy atom. The standard InChI is InChI=1S/C35H30N2O6S/c1-5-37-30-15-10-23(34(36-39)26-14-13-25(42-3)18-21(26)2)19-28(30)29-20-24(11-16-31(29)37)35(38)33-27-9-7-6-8-22(27)12-17-32(33)43-44(4,40)41/h6-20,39H,5H2,1-4H3/b36-34+. The lowest BCUT2D eigenvalue weighted by Gasteiger charge is -2.12. The third-order valence-corrected chi connectivity index (χ3v) is 8.35. The summed E-state index contributed by atoms with van der Waals surface area (Å²) in [5, 5.41) is 16.9.